The van der Waals surface area contributed by atoms with Crippen LogP contribution < -0.4 is 4.46 Å². The topological polar surface area (TPSA) is 0 Å². The summed E-state index contributed by atoms with van der Waals surface area (Å²) in [7, 11) is 13.4. The summed E-state index contributed by atoms with van der Waals surface area (Å²) in [5.74, 6) is 0. The fourth-order valence-electron chi connectivity index (χ4n) is 1.19. The predicted molar refractivity (Wildman–Crippen MR) is 77.5 cm³/mol. The minimum atomic E-state index is -2.83. The molecule has 0 aliphatic carbocycles. The van der Waals surface area contributed by atoms with E-state index in [9.17, 15) is 0 Å². The Balaban J connectivity index is 3.22. The molecule has 0 radical (unpaired) electrons. The Bertz CT molecular complexity index is 352. The van der Waals surface area contributed by atoms with Crippen LogP contribution in [0.4, 0.5) is 0 Å². The van der Waals surface area contributed by atoms with Crippen LogP contribution in [0.3, 0.4) is 0 Å². The predicted octanol–water partition coefficient (Wildman–Crippen LogP) is 4.61. The second-order valence-corrected chi connectivity index (χ2v) is 16.4. The molecule has 1 aromatic rings. The van der Waals surface area contributed by atoms with Crippen molar-refractivity contribution in [2.75, 3.05) is 0 Å². The zero-order valence-electron chi connectivity index (χ0n) is 9.93. The maximum absolute atomic E-state index is 6.68. The van der Waals surface area contributed by atoms with Crippen LogP contribution in [0.5, 0.6) is 0 Å². The summed E-state index contributed by atoms with van der Waals surface area (Å²) in [6.45, 7) is 8.03. The fraction of sp³-hybridized carbons (Fsp3) is 0.500. The van der Waals surface area contributed by atoms with Crippen LogP contribution in [0, 0.1) is 0 Å². The maximum atomic E-state index is 6.68. The van der Waals surface area contributed by atoms with E-state index in [0.717, 1.165) is 4.46 Å². The van der Waals surface area contributed by atoms with Gasteiger partial charge in [0.2, 0.25) is 0 Å². The molecule has 4 heteroatoms. The van der Waals surface area contributed by atoms with Gasteiger partial charge in [-0.05, 0) is 0 Å². The Hall–Kier alpha value is 0.609. The molecule has 0 aliphatic rings. The molecule has 0 nitrogen and oxygen atoms in total. The monoisotopic (exact) mass is 346 g/mol. The van der Waals surface area contributed by atoms with Gasteiger partial charge in [-0.2, -0.15) is 0 Å². The standard InChI is InChI=1S/C12H17Cl3Se/c1-11(2,13)12(3,4)16(14,15)10-8-6-5-7-9-10/h5-9H,1-4H3. The molecular formula is C12H17Cl3Se. The Kier molecular flexibility index (Phi) is 4.31. The molecule has 0 aliphatic heterocycles. The van der Waals surface area contributed by atoms with Crippen molar-refractivity contribution in [3.8, 4) is 0 Å². The van der Waals surface area contributed by atoms with Crippen LogP contribution in [-0.4, -0.2) is 15.9 Å². The fourth-order valence-corrected chi connectivity index (χ4v) is 8.84. The van der Waals surface area contributed by atoms with Gasteiger partial charge >= 0.3 is 114 Å². The molecule has 0 aromatic heterocycles. The van der Waals surface area contributed by atoms with E-state index < -0.39 is 15.9 Å². The van der Waals surface area contributed by atoms with Crippen molar-refractivity contribution in [2.45, 2.75) is 36.9 Å². The Morgan fingerprint density at radius 2 is 1.38 bits per heavy atom. The molecule has 0 saturated heterocycles. The Morgan fingerprint density at radius 3 is 1.75 bits per heavy atom. The molecule has 92 valence electrons. The van der Waals surface area contributed by atoms with E-state index in [1.54, 1.807) is 0 Å². The summed E-state index contributed by atoms with van der Waals surface area (Å²) < 4.78 is 0.719. The first-order valence-electron chi connectivity index (χ1n) is 5.07. The molecule has 16 heavy (non-hydrogen) atoms. The van der Waals surface area contributed by atoms with Crippen molar-refractivity contribution in [3.05, 3.63) is 30.3 Å². The molecule has 0 saturated carbocycles. The van der Waals surface area contributed by atoms with Crippen molar-refractivity contribution in [1.29, 1.82) is 0 Å². The zero-order chi connectivity index (χ0) is 12.6. The summed E-state index contributed by atoms with van der Waals surface area (Å²) in [4.78, 5) is -0.438. The van der Waals surface area contributed by atoms with Crippen LogP contribution >= 0.6 is 31.8 Å². The van der Waals surface area contributed by atoms with Gasteiger partial charge in [0.25, 0.3) is 0 Å². The Labute approximate surface area is 114 Å². The van der Waals surface area contributed by atoms with E-state index in [4.69, 9.17) is 31.8 Å². The third-order valence-corrected chi connectivity index (χ3v) is 15.3. The molecule has 0 unspecified atom stereocenters. The summed E-state index contributed by atoms with van der Waals surface area (Å²) in [5, 5.41) is 0. The van der Waals surface area contributed by atoms with E-state index in [2.05, 4.69) is 0 Å². The number of halogens is 3. The second kappa shape index (κ2) is 4.71. The van der Waals surface area contributed by atoms with Gasteiger partial charge in [-0.1, -0.05) is 0 Å². The van der Waals surface area contributed by atoms with Crippen LogP contribution in [-0.2, 0) is 0 Å². The third-order valence-electron chi connectivity index (χ3n) is 3.11. The van der Waals surface area contributed by atoms with E-state index in [0.29, 0.717) is 0 Å². The number of hydrogen-bond donors (Lipinski definition) is 0. The van der Waals surface area contributed by atoms with Crippen molar-refractivity contribution in [3.63, 3.8) is 0 Å². The van der Waals surface area contributed by atoms with Gasteiger partial charge in [-0.3, -0.25) is 0 Å². The first kappa shape index (κ1) is 14.7. The number of rotatable bonds is 3. The summed E-state index contributed by atoms with van der Waals surface area (Å²) in [6, 6.07) is 9.87. The molecule has 0 atom stereocenters. The SMILES string of the molecule is CC(C)(Cl)C(C)(C)[Se](Cl)(Cl)c1ccccc1. The average Bonchev–Trinajstić information content (AvgIpc) is 2.17. The van der Waals surface area contributed by atoms with E-state index in [1.807, 2.05) is 58.0 Å². The average molecular weight is 347 g/mol. The van der Waals surface area contributed by atoms with Crippen LogP contribution in [0.25, 0.3) is 0 Å². The molecule has 0 spiro atoms. The van der Waals surface area contributed by atoms with Crippen molar-refractivity contribution in [2.24, 2.45) is 0 Å². The molecule has 0 fully saturated rings. The Morgan fingerprint density at radius 1 is 0.938 bits per heavy atom. The van der Waals surface area contributed by atoms with Gasteiger partial charge in [0.1, 0.15) is 0 Å². The van der Waals surface area contributed by atoms with Gasteiger partial charge < -0.3 is 0 Å². The third kappa shape index (κ3) is 2.54. The molecule has 0 amide bonds. The second-order valence-electron chi connectivity index (χ2n) is 4.76. The van der Waals surface area contributed by atoms with Crippen molar-refractivity contribution >= 4 is 47.3 Å². The minimum absolute atomic E-state index is 0.310. The summed E-state index contributed by atoms with van der Waals surface area (Å²) in [5.41, 5.74) is 0. The molecule has 1 aromatic carbocycles. The molecule has 0 bridgehead atoms. The quantitative estimate of drug-likeness (QED) is 0.554. The number of benzene rings is 1. The van der Waals surface area contributed by atoms with Gasteiger partial charge in [0.15, 0.2) is 0 Å². The molecule has 0 N–H and O–H groups in total. The first-order valence-corrected chi connectivity index (χ1v) is 11.7. The normalized spacial score (nSPS) is 14.9. The van der Waals surface area contributed by atoms with Gasteiger partial charge in [0, 0.05) is 0 Å². The van der Waals surface area contributed by atoms with Crippen LogP contribution in [0.2, 0.25) is 4.31 Å². The summed E-state index contributed by atoms with van der Waals surface area (Å²) in [6.07, 6.45) is 0. The number of hydrogen-bond acceptors (Lipinski definition) is 0. The van der Waals surface area contributed by atoms with E-state index >= 15 is 0 Å². The molecular weight excluding hydrogens is 329 g/mol. The zero-order valence-corrected chi connectivity index (χ0v) is 13.9. The molecule has 0 heterocycles. The summed E-state index contributed by atoms with van der Waals surface area (Å²) >= 11 is 3.60. The first-order chi connectivity index (χ1) is 7.11. The number of alkyl halides is 1. The van der Waals surface area contributed by atoms with Crippen molar-refractivity contribution < 1.29 is 0 Å². The van der Waals surface area contributed by atoms with Gasteiger partial charge in [-0.15, -0.1) is 0 Å². The van der Waals surface area contributed by atoms with Crippen LogP contribution in [0.15, 0.2) is 30.3 Å². The molecule has 1 rings (SSSR count). The van der Waals surface area contributed by atoms with E-state index in [1.165, 1.54) is 0 Å². The van der Waals surface area contributed by atoms with Crippen LogP contribution in [0.1, 0.15) is 27.7 Å². The van der Waals surface area contributed by atoms with E-state index in [-0.39, 0.29) is 4.31 Å². The van der Waals surface area contributed by atoms with Gasteiger partial charge in [0.05, 0.1) is 0 Å². The van der Waals surface area contributed by atoms with Crippen molar-refractivity contribution in [1.82, 2.24) is 0 Å². The van der Waals surface area contributed by atoms with Gasteiger partial charge in [-0.25, -0.2) is 0 Å².